The third-order valence-corrected chi connectivity index (χ3v) is 4.75. The number of carbonyl (C=O) groups excluding carboxylic acids is 2. The number of esters is 1. The van der Waals surface area contributed by atoms with Gasteiger partial charge in [-0.15, -0.1) is 0 Å². The minimum Gasteiger partial charge on any atom is -0.460 e. The number of urea groups is 1. The summed E-state index contributed by atoms with van der Waals surface area (Å²) in [5, 5.41) is 0. The van der Waals surface area contributed by atoms with Crippen molar-refractivity contribution in [2.24, 2.45) is 0 Å². The average molecular weight is 415 g/mol. The van der Waals surface area contributed by atoms with E-state index in [1.807, 2.05) is 0 Å². The molecule has 25 heavy (non-hydrogen) atoms. The van der Waals surface area contributed by atoms with Crippen molar-refractivity contribution in [1.82, 2.24) is 9.80 Å². The van der Waals surface area contributed by atoms with Crippen LogP contribution in [0.4, 0.5) is 9.18 Å². The van der Waals surface area contributed by atoms with Crippen molar-refractivity contribution in [3.05, 3.63) is 45.3 Å². The zero-order valence-electron chi connectivity index (χ0n) is 14.5. The molecule has 0 saturated heterocycles. The number of benzene rings is 1. The number of hydrogen-bond donors (Lipinski definition) is 0. The van der Waals surface area contributed by atoms with Gasteiger partial charge in [-0.2, -0.15) is 0 Å². The van der Waals surface area contributed by atoms with Crippen LogP contribution in [0.5, 0.6) is 0 Å². The topological polar surface area (TPSA) is 59.1 Å². The SMILES string of the molecule is COCCOC(=O)C1=C(C)N(C)C(=O)N(C)[C@H]1c1ccc(F)c(Br)c1. The van der Waals surface area contributed by atoms with E-state index >= 15 is 0 Å². The Kier molecular flexibility index (Phi) is 6.18. The summed E-state index contributed by atoms with van der Waals surface area (Å²) in [6, 6.07) is 3.46. The minimum atomic E-state index is -0.671. The van der Waals surface area contributed by atoms with Gasteiger partial charge in [0.2, 0.25) is 0 Å². The maximum absolute atomic E-state index is 13.6. The number of hydrogen-bond acceptors (Lipinski definition) is 4. The number of rotatable bonds is 5. The van der Waals surface area contributed by atoms with E-state index < -0.39 is 17.8 Å². The molecule has 0 saturated carbocycles. The highest BCUT2D eigenvalue weighted by Crippen LogP contribution is 2.37. The van der Waals surface area contributed by atoms with E-state index in [9.17, 15) is 14.0 Å². The van der Waals surface area contributed by atoms with E-state index in [0.717, 1.165) is 0 Å². The molecular weight excluding hydrogens is 395 g/mol. The molecule has 1 aliphatic rings. The second-order valence-electron chi connectivity index (χ2n) is 5.66. The van der Waals surface area contributed by atoms with E-state index in [1.165, 1.54) is 23.0 Å². The molecule has 1 atom stereocenters. The molecule has 0 unspecified atom stereocenters. The molecule has 0 bridgehead atoms. The Bertz CT molecular complexity index is 723. The van der Waals surface area contributed by atoms with Crippen LogP contribution in [0.25, 0.3) is 0 Å². The summed E-state index contributed by atoms with van der Waals surface area (Å²) in [4.78, 5) is 27.9. The van der Waals surface area contributed by atoms with Crippen molar-refractivity contribution >= 4 is 27.9 Å². The van der Waals surface area contributed by atoms with Gasteiger partial charge in [-0.1, -0.05) is 6.07 Å². The summed E-state index contributed by atoms with van der Waals surface area (Å²) in [5.41, 5.74) is 1.44. The Labute approximate surface area is 154 Å². The zero-order valence-corrected chi connectivity index (χ0v) is 16.1. The monoisotopic (exact) mass is 414 g/mol. The van der Waals surface area contributed by atoms with Gasteiger partial charge in [-0.05, 0) is 40.5 Å². The summed E-state index contributed by atoms with van der Waals surface area (Å²) in [7, 11) is 4.70. The molecule has 1 aromatic rings. The maximum atomic E-state index is 13.6. The van der Waals surface area contributed by atoms with Crippen molar-refractivity contribution in [3.8, 4) is 0 Å². The van der Waals surface area contributed by atoms with Crippen LogP contribution in [0.1, 0.15) is 18.5 Å². The summed E-state index contributed by atoms with van der Waals surface area (Å²) in [6.07, 6.45) is 0. The van der Waals surface area contributed by atoms with E-state index in [-0.39, 0.29) is 23.7 Å². The van der Waals surface area contributed by atoms with Crippen molar-refractivity contribution in [2.75, 3.05) is 34.4 Å². The first-order valence-corrected chi connectivity index (χ1v) is 8.41. The molecule has 0 spiro atoms. The van der Waals surface area contributed by atoms with Gasteiger partial charge in [0.15, 0.2) is 0 Å². The van der Waals surface area contributed by atoms with Crippen LogP contribution in [0.2, 0.25) is 0 Å². The second kappa shape index (κ2) is 7.97. The van der Waals surface area contributed by atoms with Gasteiger partial charge >= 0.3 is 12.0 Å². The summed E-state index contributed by atoms with van der Waals surface area (Å²) >= 11 is 3.15. The summed E-state index contributed by atoms with van der Waals surface area (Å²) in [5.74, 6) is -0.957. The lowest BCUT2D eigenvalue weighted by atomic mass is 9.93. The van der Waals surface area contributed by atoms with Gasteiger partial charge in [-0.25, -0.2) is 14.0 Å². The van der Waals surface area contributed by atoms with Gasteiger partial charge in [0.1, 0.15) is 12.4 Å². The third kappa shape index (κ3) is 3.85. The minimum absolute atomic E-state index is 0.104. The van der Waals surface area contributed by atoms with Gasteiger partial charge < -0.3 is 19.3 Å². The van der Waals surface area contributed by atoms with Crippen LogP contribution >= 0.6 is 15.9 Å². The number of allylic oxidation sites excluding steroid dienone is 1. The number of amides is 2. The fraction of sp³-hybridized carbons (Fsp3) is 0.412. The van der Waals surface area contributed by atoms with Crippen molar-refractivity contribution in [1.29, 1.82) is 0 Å². The molecule has 0 aromatic heterocycles. The molecule has 0 aliphatic carbocycles. The smallest absolute Gasteiger partial charge is 0.338 e. The predicted octanol–water partition coefficient (Wildman–Crippen LogP) is 3.09. The van der Waals surface area contributed by atoms with Crippen molar-refractivity contribution in [2.45, 2.75) is 13.0 Å². The summed E-state index contributed by atoms with van der Waals surface area (Å²) < 4.78 is 24.0. The van der Waals surface area contributed by atoms with Crippen LogP contribution in [-0.2, 0) is 14.3 Å². The maximum Gasteiger partial charge on any atom is 0.338 e. The molecule has 1 heterocycles. The van der Waals surface area contributed by atoms with Crippen LogP contribution in [-0.4, -0.2) is 56.2 Å². The number of halogens is 2. The standard InChI is InChI=1S/C17H20BrFN2O4/c1-10-14(16(22)25-8-7-24-4)15(21(3)17(23)20(10)2)11-5-6-13(19)12(18)9-11/h5-6,9,15H,7-8H2,1-4H3/t15-/m0/s1. The molecular formula is C17H20BrFN2O4. The van der Waals surface area contributed by atoms with Gasteiger partial charge in [0, 0.05) is 26.9 Å². The lowest BCUT2D eigenvalue weighted by Crippen LogP contribution is -2.47. The first-order chi connectivity index (χ1) is 11.8. The van der Waals surface area contributed by atoms with Crippen LogP contribution < -0.4 is 0 Å². The Morgan fingerprint density at radius 1 is 1.32 bits per heavy atom. The number of methoxy groups -OCH3 is 1. The van der Waals surface area contributed by atoms with E-state index in [1.54, 1.807) is 33.2 Å². The lowest BCUT2D eigenvalue weighted by Gasteiger charge is -2.39. The second-order valence-corrected chi connectivity index (χ2v) is 6.51. The number of likely N-dealkylation sites (N-methyl/N-ethyl adjacent to an activating group) is 1. The average Bonchev–Trinajstić information content (AvgIpc) is 2.58. The molecule has 0 radical (unpaired) electrons. The number of nitrogens with zero attached hydrogens (tertiary/aromatic N) is 2. The van der Waals surface area contributed by atoms with E-state index in [4.69, 9.17) is 9.47 Å². The third-order valence-electron chi connectivity index (χ3n) is 4.14. The molecule has 2 amide bonds. The quantitative estimate of drug-likeness (QED) is 0.548. The zero-order chi connectivity index (χ0) is 18.7. The Balaban J connectivity index is 2.49. The highest BCUT2D eigenvalue weighted by molar-refractivity contribution is 9.10. The number of carbonyl (C=O) groups is 2. The van der Waals surface area contributed by atoms with Crippen molar-refractivity contribution in [3.63, 3.8) is 0 Å². The normalized spacial score (nSPS) is 18.0. The first-order valence-electron chi connectivity index (χ1n) is 7.61. The van der Waals surface area contributed by atoms with Crippen LogP contribution in [0.3, 0.4) is 0 Å². The fourth-order valence-corrected chi connectivity index (χ4v) is 3.09. The fourth-order valence-electron chi connectivity index (χ4n) is 2.69. The molecule has 0 fully saturated rings. The van der Waals surface area contributed by atoms with Crippen molar-refractivity contribution < 1.29 is 23.5 Å². The van der Waals surface area contributed by atoms with Crippen LogP contribution in [0.15, 0.2) is 33.9 Å². The van der Waals surface area contributed by atoms with Gasteiger partial charge in [0.25, 0.3) is 0 Å². The van der Waals surface area contributed by atoms with Gasteiger partial charge in [0.05, 0.1) is 22.7 Å². The Hall–Kier alpha value is -1.93. The molecule has 1 aliphatic heterocycles. The van der Waals surface area contributed by atoms with Crippen LogP contribution in [0, 0.1) is 5.82 Å². The molecule has 136 valence electrons. The molecule has 6 nitrogen and oxygen atoms in total. The Morgan fingerprint density at radius 3 is 2.60 bits per heavy atom. The molecule has 8 heteroatoms. The van der Waals surface area contributed by atoms with E-state index in [2.05, 4.69) is 15.9 Å². The molecule has 2 rings (SSSR count). The first kappa shape index (κ1) is 19.4. The number of ether oxygens (including phenoxy) is 2. The summed E-state index contributed by atoms with van der Waals surface area (Å²) in [6.45, 7) is 2.06. The predicted molar refractivity (Wildman–Crippen MR) is 93.3 cm³/mol. The lowest BCUT2D eigenvalue weighted by molar-refractivity contribution is -0.141. The van der Waals surface area contributed by atoms with Gasteiger partial charge in [-0.3, -0.25) is 0 Å². The molecule has 0 N–H and O–H groups in total. The van der Waals surface area contributed by atoms with E-state index in [0.29, 0.717) is 16.8 Å². The highest BCUT2D eigenvalue weighted by Gasteiger charge is 2.39. The molecule has 1 aromatic carbocycles. The highest BCUT2D eigenvalue weighted by atomic mass is 79.9. The Morgan fingerprint density at radius 2 is 2.00 bits per heavy atom. The largest absolute Gasteiger partial charge is 0.460 e.